The van der Waals surface area contributed by atoms with E-state index >= 15 is 0 Å². The van der Waals surface area contributed by atoms with Crippen molar-refractivity contribution in [2.45, 2.75) is 40.2 Å². The van der Waals surface area contributed by atoms with Crippen molar-refractivity contribution in [3.8, 4) is 0 Å². The van der Waals surface area contributed by atoms with Crippen molar-refractivity contribution in [2.24, 2.45) is 10.9 Å². The number of ether oxygens (including phenoxy) is 1. The van der Waals surface area contributed by atoms with Crippen LogP contribution in [-0.4, -0.2) is 54.1 Å². The fraction of sp³-hybridized carbons (Fsp3) is 0.800. The molecule has 7 nitrogen and oxygen atoms in total. The van der Waals surface area contributed by atoms with Crippen LogP contribution >= 0.6 is 0 Å². The summed E-state index contributed by atoms with van der Waals surface area (Å²) in [5.74, 6) is 2.50. The van der Waals surface area contributed by atoms with Crippen molar-refractivity contribution in [3.63, 3.8) is 0 Å². The number of hydrogen-bond donors (Lipinski definition) is 2. The molecule has 2 N–H and O–H groups in total. The summed E-state index contributed by atoms with van der Waals surface area (Å²) in [4.78, 5) is 4.60. The van der Waals surface area contributed by atoms with Gasteiger partial charge in [-0.1, -0.05) is 20.8 Å². The minimum atomic E-state index is 0.660. The maximum atomic E-state index is 5.06. The van der Waals surface area contributed by atoms with E-state index in [1.165, 1.54) is 0 Å². The molecule has 0 saturated heterocycles. The highest BCUT2D eigenvalue weighted by Gasteiger charge is 2.02. The average Bonchev–Trinajstić information content (AvgIpc) is 2.94. The Hall–Kier alpha value is -1.63. The molecular formula is C15H30N6O. The summed E-state index contributed by atoms with van der Waals surface area (Å²) in [6.45, 7) is 10.3. The number of nitrogens with zero attached hydrogens (tertiary/aromatic N) is 4. The summed E-state index contributed by atoms with van der Waals surface area (Å²) in [7, 11) is 1.70. The van der Waals surface area contributed by atoms with Gasteiger partial charge in [0.2, 0.25) is 0 Å². The molecular weight excluding hydrogens is 280 g/mol. The summed E-state index contributed by atoms with van der Waals surface area (Å²) in [6.07, 6.45) is 3.75. The highest BCUT2D eigenvalue weighted by molar-refractivity contribution is 5.79. The zero-order chi connectivity index (χ0) is 16.2. The zero-order valence-electron chi connectivity index (χ0n) is 14.3. The van der Waals surface area contributed by atoms with E-state index in [0.717, 1.165) is 50.8 Å². The van der Waals surface area contributed by atoms with Gasteiger partial charge in [-0.15, -0.1) is 10.2 Å². The molecule has 126 valence electrons. The number of nitrogens with one attached hydrogen (secondary N) is 2. The molecule has 7 heteroatoms. The quantitative estimate of drug-likeness (QED) is 0.384. The third-order valence-corrected chi connectivity index (χ3v) is 3.23. The molecule has 1 rings (SSSR count). The molecule has 0 amide bonds. The summed E-state index contributed by atoms with van der Waals surface area (Å²) in [6, 6.07) is 0. The van der Waals surface area contributed by atoms with E-state index in [0.29, 0.717) is 12.5 Å². The molecule has 22 heavy (non-hydrogen) atoms. The van der Waals surface area contributed by atoms with Gasteiger partial charge in [0.15, 0.2) is 5.96 Å². The smallest absolute Gasteiger partial charge is 0.191 e. The Bertz CT molecular complexity index is 429. The van der Waals surface area contributed by atoms with Crippen LogP contribution in [0.3, 0.4) is 0 Å². The SMILES string of the molecule is CCc1nncn1CCNC(=NCCC(C)C)NCCOC. The second-order valence-corrected chi connectivity index (χ2v) is 5.55. The summed E-state index contributed by atoms with van der Waals surface area (Å²) >= 11 is 0. The van der Waals surface area contributed by atoms with Gasteiger partial charge in [0.1, 0.15) is 12.2 Å². The van der Waals surface area contributed by atoms with E-state index in [1.807, 2.05) is 0 Å². The van der Waals surface area contributed by atoms with E-state index in [2.05, 4.69) is 51.2 Å². The van der Waals surface area contributed by atoms with Crippen LogP contribution in [0.15, 0.2) is 11.3 Å². The lowest BCUT2D eigenvalue weighted by Crippen LogP contribution is -2.40. The molecule has 0 bridgehead atoms. The Morgan fingerprint density at radius 3 is 2.82 bits per heavy atom. The number of guanidine groups is 1. The highest BCUT2D eigenvalue weighted by Crippen LogP contribution is 1.98. The standard InChI is InChI=1S/C15H30N6O/c1-5-14-20-19-12-21(14)10-8-17-15(18-9-11-22-4)16-7-6-13(2)3/h12-13H,5-11H2,1-4H3,(H2,16,17,18). The van der Waals surface area contributed by atoms with Crippen LogP contribution in [0.25, 0.3) is 0 Å². The monoisotopic (exact) mass is 310 g/mol. The molecule has 0 fully saturated rings. The molecule has 0 unspecified atom stereocenters. The van der Waals surface area contributed by atoms with E-state index in [4.69, 9.17) is 4.74 Å². The van der Waals surface area contributed by atoms with Crippen LogP contribution in [0, 0.1) is 5.92 Å². The van der Waals surface area contributed by atoms with Gasteiger partial charge in [0.25, 0.3) is 0 Å². The maximum absolute atomic E-state index is 5.06. The van der Waals surface area contributed by atoms with E-state index in [9.17, 15) is 0 Å². The molecule has 0 aliphatic carbocycles. The number of aryl methyl sites for hydroxylation is 1. The first kappa shape index (κ1) is 18.4. The van der Waals surface area contributed by atoms with Crippen LogP contribution in [-0.2, 0) is 17.7 Å². The Morgan fingerprint density at radius 2 is 2.14 bits per heavy atom. The van der Waals surface area contributed by atoms with Crippen molar-refractivity contribution < 1.29 is 4.74 Å². The lowest BCUT2D eigenvalue weighted by Gasteiger charge is -2.13. The van der Waals surface area contributed by atoms with E-state index < -0.39 is 0 Å². The molecule has 0 aliphatic rings. The van der Waals surface area contributed by atoms with Gasteiger partial charge in [-0.3, -0.25) is 4.99 Å². The topological polar surface area (TPSA) is 76.4 Å². The molecule has 0 saturated carbocycles. The van der Waals surface area contributed by atoms with Gasteiger partial charge in [0, 0.05) is 39.7 Å². The second-order valence-electron chi connectivity index (χ2n) is 5.55. The van der Waals surface area contributed by atoms with Gasteiger partial charge in [-0.25, -0.2) is 0 Å². The molecule has 0 spiro atoms. The van der Waals surface area contributed by atoms with Gasteiger partial charge < -0.3 is 19.9 Å². The predicted molar refractivity (Wildman–Crippen MR) is 89.0 cm³/mol. The molecule has 0 radical (unpaired) electrons. The number of aromatic nitrogens is 3. The van der Waals surface area contributed by atoms with Crippen LogP contribution in [0.1, 0.15) is 33.0 Å². The van der Waals surface area contributed by atoms with Gasteiger partial charge in [0.05, 0.1) is 6.61 Å². The van der Waals surface area contributed by atoms with Crippen LogP contribution in [0.2, 0.25) is 0 Å². The van der Waals surface area contributed by atoms with Gasteiger partial charge >= 0.3 is 0 Å². The Labute approximate surface area is 133 Å². The third-order valence-electron chi connectivity index (χ3n) is 3.23. The molecule has 0 atom stereocenters. The van der Waals surface area contributed by atoms with Gasteiger partial charge in [-0.05, 0) is 12.3 Å². The Morgan fingerprint density at radius 1 is 1.36 bits per heavy atom. The van der Waals surface area contributed by atoms with Crippen LogP contribution < -0.4 is 10.6 Å². The normalized spacial score (nSPS) is 12.0. The van der Waals surface area contributed by atoms with Crippen molar-refractivity contribution in [3.05, 3.63) is 12.2 Å². The molecule has 1 heterocycles. The second kappa shape index (κ2) is 11.0. The third kappa shape index (κ3) is 7.40. The molecule has 1 aromatic rings. The van der Waals surface area contributed by atoms with E-state index in [1.54, 1.807) is 13.4 Å². The fourth-order valence-corrected chi connectivity index (χ4v) is 1.91. The summed E-state index contributed by atoms with van der Waals surface area (Å²) in [5.41, 5.74) is 0. The Balaban J connectivity index is 2.41. The lowest BCUT2D eigenvalue weighted by atomic mass is 10.1. The van der Waals surface area contributed by atoms with Crippen molar-refractivity contribution in [1.82, 2.24) is 25.4 Å². The molecule has 0 aliphatic heterocycles. The first-order valence-electron chi connectivity index (χ1n) is 8.05. The maximum Gasteiger partial charge on any atom is 0.191 e. The fourth-order valence-electron chi connectivity index (χ4n) is 1.91. The average molecular weight is 310 g/mol. The lowest BCUT2D eigenvalue weighted by molar-refractivity contribution is 0.203. The highest BCUT2D eigenvalue weighted by atomic mass is 16.5. The van der Waals surface area contributed by atoms with E-state index in [-0.39, 0.29) is 0 Å². The van der Waals surface area contributed by atoms with Crippen molar-refractivity contribution >= 4 is 5.96 Å². The first-order chi connectivity index (χ1) is 10.7. The summed E-state index contributed by atoms with van der Waals surface area (Å²) < 4.78 is 7.13. The zero-order valence-corrected chi connectivity index (χ0v) is 14.3. The predicted octanol–water partition coefficient (Wildman–Crippen LogP) is 1.07. The number of rotatable bonds is 10. The minimum absolute atomic E-state index is 0.660. The minimum Gasteiger partial charge on any atom is -0.383 e. The van der Waals surface area contributed by atoms with Crippen LogP contribution in [0.4, 0.5) is 0 Å². The van der Waals surface area contributed by atoms with Crippen molar-refractivity contribution in [1.29, 1.82) is 0 Å². The largest absolute Gasteiger partial charge is 0.383 e. The summed E-state index contributed by atoms with van der Waals surface area (Å²) in [5, 5.41) is 14.7. The van der Waals surface area contributed by atoms with Crippen molar-refractivity contribution in [2.75, 3.05) is 33.4 Å². The molecule has 0 aromatic carbocycles. The van der Waals surface area contributed by atoms with Gasteiger partial charge in [-0.2, -0.15) is 0 Å². The molecule has 1 aromatic heterocycles. The number of methoxy groups -OCH3 is 1. The van der Waals surface area contributed by atoms with Crippen LogP contribution in [0.5, 0.6) is 0 Å². The Kier molecular flexibility index (Phi) is 9.21. The number of aliphatic imine (C=N–C) groups is 1. The number of hydrogen-bond acceptors (Lipinski definition) is 4. The first-order valence-corrected chi connectivity index (χ1v) is 8.05.